The van der Waals surface area contributed by atoms with E-state index in [1.54, 1.807) is 27.7 Å². The maximum absolute atomic E-state index is 11.7. The smallest absolute Gasteiger partial charge is 0.412 e. The van der Waals surface area contributed by atoms with E-state index in [0.717, 1.165) is 4.90 Å². The Morgan fingerprint density at radius 1 is 1.44 bits per heavy atom. The van der Waals surface area contributed by atoms with Gasteiger partial charge in [-0.2, -0.15) is 0 Å². The fourth-order valence-corrected chi connectivity index (χ4v) is 1.44. The Bertz CT molecular complexity index is 296. The lowest BCUT2D eigenvalue weighted by atomic mass is 10.2. The SMILES string of the molecule is CC1OCN(C(=O)OC(C)(C)C)[C@@H]1C(=O)O. The Balaban J connectivity index is 2.73. The van der Waals surface area contributed by atoms with Gasteiger partial charge in [0.05, 0.1) is 6.10 Å². The van der Waals surface area contributed by atoms with Crippen molar-refractivity contribution in [3.63, 3.8) is 0 Å². The van der Waals surface area contributed by atoms with Gasteiger partial charge < -0.3 is 14.6 Å². The van der Waals surface area contributed by atoms with Crippen LogP contribution < -0.4 is 0 Å². The van der Waals surface area contributed by atoms with Crippen LogP contribution in [-0.4, -0.2) is 46.5 Å². The molecule has 1 aliphatic rings. The topological polar surface area (TPSA) is 76.1 Å². The van der Waals surface area contributed by atoms with E-state index in [1.165, 1.54) is 0 Å². The molecule has 0 bridgehead atoms. The summed E-state index contributed by atoms with van der Waals surface area (Å²) in [7, 11) is 0. The Morgan fingerprint density at radius 3 is 2.44 bits per heavy atom. The normalized spacial score (nSPS) is 25.6. The van der Waals surface area contributed by atoms with Crippen molar-refractivity contribution in [3.8, 4) is 0 Å². The summed E-state index contributed by atoms with van der Waals surface area (Å²) in [6, 6.07) is -0.977. The number of hydrogen-bond acceptors (Lipinski definition) is 4. The molecule has 2 atom stereocenters. The molecule has 0 aromatic carbocycles. The molecule has 1 fully saturated rings. The summed E-state index contributed by atoms with van der Waals surface area (Å²) in [4.78, 5) is 23.7. The van der Waals surface area contributed by atoms with Gasteiger partial charge in [0.25, 0.3) is 0 Å². The second-order valence-corrected chi connectivity index (χ2v) is 4.73. The molecule has 1 amide bonds. The minimum absolute atomic E-state index is 0.0486. The zero-order valence-corrected chi connectivity index (χ0v) is 9.89. The summed E-state index contributed by atoms with van der Waals surface area (Å²) < 4.78 is 10.2. The molecule has 1 heterocycles. The molecule has 6 nitrogen and oxygen atoms in total. The van der Waals surface area contributed by atoms with Crippen molar-refractivity contribution in [3.05, 3.63) is 0 Å². The predicted octanol–water partition coefficient (Wildman–Crippen LogP) is 1.05. The number of amides is 1. The first-order valence-corrected chi connectivity index (χ1v) is 5.06. The highest BCUT2D eigenvalue weighted by atomic mass is 16.6. The minimum atomic E-state index is -1.09. The first-order valence-electron chi connectivity index (χ1n) is 5.06. The number of rotatable bonds is 1. The molecule has 6 heteroatoms. The third kappa shape index (κ3) is 2.85. The molecular formula is C10H17NO5. The van der Waals surface area contributed by atoms with Crippen molar-refractivity contribution in [1.82, 2.24) is 4.90 Å². The molecule has 1 aliphatic heterocycles. The van der Waals surface area contributed by atoms with Crippen LogP contribution in [0.15, 0.2) is 0 Å². The highest BCUT2D eigenvalue weighted by molar-refractivity contribution is 5.81. The van der Waals surface area contributed by atoms with Crippen LogP contribution in [0.3, 0.4) is 0 Å². The van der Waals surface area contributed by atoms with Gasteiger partial charge in [-0.05, 0) is 27.7 Å². The molecule has 1 saturated heterocycles. The van der Waals surface area contributed by atoms with E-state index in [0.29, 0.717) is 0 Å². The average Bonchev–Trinajstić information content (AvgIpc) is 2.43. The van der Waals surface area contributed by atoms with E-state index in [4.69, 9.17) is 14.6 Å². The van der Waals surface area contributed by atoms with E-state index in [9.17, 15) is 9.59 Å². The molecule has 1 rings (SSSR count). The molecule has 0 radical (unpaired) electrons. The van der Waals surface area contributed by atoms with Crippen molar-refractivity contribution in [1.29, 1.82) is 0 Å². The van der Waals surface area contributed by atoms with Gasteiger partial charge in [0.15, 0.2) is 6.04 Å². The number of nitrogens with zero attached hydrogens (tertiary/aromatic N) is 1. The lowest BCUT2D eigenvalue weighted by Crippen LogP contribution is -2.46. The summed E-state index contributed by atoms with van der Waals surface area (Å²) in [5.41, 5.74) is -0.647. The van der Waals surface area contributed by atoms with Crippen molar-refractivity contribution < 1.29 is 24.2 Å². The third-order valence-electron chi connectivity index (χ3n) is 2.14. The van der Waals surface area contributed by atoms with Gasteiger partial charge in [0.1, 0.15) is 12.3 Å². The van der Waals surface area contributed by atoms with E-state index >= 15 is 0 Å². The number of ether oxygens (including phenoxy) is 2. The molecule has 1 N–H and O–H groups in total. The molecule has 0 saturated carbocycles. The predicted molar refractivity (Wildman–Crippen MR) is 54.9 cm³/mol. The summed E-state index contributed by atoms with van der Waals surface area (Å²) in [6.07, 6.45) is -1.19. The third-order valence-corrected chi connectivity index (χ3v) is 2.14. The molecule has 0 aromatic rings. The largest absolute Gasteiger partial charge is 0.480 e. The number of carboxylic acids is 1. The molecule has 0 aromatic heterocycles. The summed E-state index contributed by atoms with van der Waals surface area (Å²) >= 11 is 0. The first-order chi connectivity index (χ1) is 7.22. The fourth-order valence-electron chi connectivity index (χ4n) is 1.44. The van der Waals surface area contributed by atoms with Crippen LogP contribution >= 0.6 is 0 Å². The minimum Gasteiger partial charge on any atom is -0.480 e. The van der Waals surface area contributed by atoms with Crippen LogP contribution in [0.5, 0.6) is 0 Å². The van der Waals surface area contributed by atoms with Gasteiger partial charge in [0, 0.05) is 0 Å². The van der Waals surface area contributed by atoms with E-state index in [-0.39, 0.29) is 6.73 Å². The highest BCUT2D eigenvalue weighted by Gasteiger charge is 2.42. The zero-order chi connectivity index (χ0) is 12.5. The number of carbonyl (C=O) groups is 2. The van der Waals surface area contributed by atoms with E-state index < -0.39 is 29.8 Å². The fraction of sp³-hybridized carbons (Fsp3) is 0.800. The van der Waals surface area contributed by atoms with Gasteiger partial charge in [-0.3, -0.25) is 4.90 Å². The van der Waals surface area contributed by atoms with Crippen LogP contribution in [0, 0.1) is 0 Å². The molecule has 0 aliphatic carbocycles. The van der Waals surface area contributed by atoms with Gasteiger partial charge >= 0.3 is 12.1 Å². The lowest BCUT2D eigenvalue weighted by molar-refractivity contribution is -0.142. The zero-order valence-electron chi connectivity index (χ0n) is 9.89. The maximum atomic E-state index is 11.7. The summed E-state index contributed by atoms with van der Waals surface area (Å²) in [6.45, 7) is 6.74. The van der Waals surface area contributed by atoms with Crippen molar-refractivity contribution in [2.24, 2.45) is 0 Å². The second kappa shape index (κ2) is 4.29. The average molecular weight is 231 g/mol. The number of carbonyl (C=O) groups excluding carboxylic acids is 1. The maximum Gasteiger partial charge on any atom is 0.412 e. The lowest BCUT2D eigenvalue weighted by Gasteiger charge is -2.26. The first kappa shape index (κ1) is 12.8. The van der Waals surface area contributed by atoms with Crippen molar-refractivity contribution in [2.75, 3.05) is 6.73 Å². The molecule has 1 unspecified atom stereocenters. The van der Waals surface area contributed by atoms with Gasteiger partial charge in [-0.25, -0.2) is 9.59 Å². The number of hydrogen-bond donors (Lipinski definition) is 1. The summed E-state index contributed by atoms with van der Waals surface area (Å²) in [5.74, 6) is -1.09. The molecular weight excluding hydrogens is 214 g/mol. The van der Waals surface area contributed by atoms with Crippen LogP contribution in [0.2, 0.25) is 0 Å². The Kier molecular flexibility index (Phi) is 3.42. The molecule has 16 heavy (non-hydrogen) atoms. The Morgan fingerprint density at radius 2 is 2.00 bits per heavy atom. The van der Waals surface area contributed by atoms with E-state index in [2.05, 4.69) is 0 Å². The second-order valence-electron chi connectivity index (χ2n) is 4.73. The standard InChI is InChI=1S/C10H17NO5/c1-6-7(8(12)13)11(5-15-6)9(14)16-10(2,3)4/h6-7H,5H2,1-4H3,(H,12,13)/t6?,7-/m0/s1. The number of aliphatic carboxylic acids is 1. The van der Waals surface area contributed by atoms with Crippen molar-refractivity contribution >= 4 is 12.1 Å². The Hall–Kier alpha value is -1.30. The van der Waals surface area contributed by atoms with Crippen LogP contribution in [0.1, 0.15) is 27.7 Å². The van der Waals surface area contributed by atoms with Crippen LogP contribution in [0.25, 0.3) is 0 Å². The van der Waals surface area contributed by atoms with Gasteiger partial charge in [-0.1, -0.05) is 0 Å². The van der Waals surface area contributed by atoms with Crippen LogP contribution in [0.4, 0.5) is 4.79 Å². The van der Waals surface area contributed by atoms with Gasteiger partial charge in [0.2, 0.25) is 0 Å². The molecule has 92 valence electrons. The quantitative estimate of drug-likeness (QED) is 0.730. The van der Waals surface area contributed by atoms with Gasteiger partial charge in [-0.15, -0.1) is 0 Å². The van der Waals surface area contributed by atoms with Crippen molar-refractivity contribution in [2.45, 2.75) is 45.4 Å². The summed E-state index contributed by atoms with van der Waals surface area (Å²) in [5, 5.41) is 8.97. The number of carboxylic acid groups (broad SMARTS) is 1. The Labute approximate surface area is 94.1 Å². The van der Waals surface area contributed by atoms with E-state index in [1.807, 2.05) is 0 Å². The highest BCUT2D eigenvalue weighted by Crippen LogP contribution is 2.20. The molecule has 0 spiro atoms. The van der Waals surface area contributed by atoms with Crippen LogP contribution in [-0.2, 0) is 14.3 Å². The monoisotopic (exact) mass is 231 g/mol.